The number of fused-ring (bicyclic) bond motifs is 6. The zero-order valence-corrected chi connectivity index (χ0v) is 28.7. The molecule has 0 N–H and O–H groups in total. The van der Waals surface area contributed by atoms with Gasteiger partial charge in [-0.3, -0.25) is 0 Å². The van der Waals surface area contributed by atoms with Crippen molar-refractivity contribution < 1.29 is 0 Å². The first-order valence-corrected chi connectivity index (χ1v) is 19.1. The Balaban J connectivity index is 1.18. The van der Waals surface area contributed by atoms with Gasteiger partial charge in [0.1, 0.15) is 0 Å². The van der Waals surface area contributed by atoms with Gasteiger partial charge in [0.25, 0.3) is 0 Å². The minimum absolute atomic E-state index is 1.15. The summed E-state index contributed by atoms with van der Waals surface area (Å²) in [6.45, 7) is 0. The Morgan fingerprint density at radius 1 is 0.255 bits per heavy atom. The van der Waals surface area contributed by atoms with Crippen LogP contribution in [0.15, 0.2) is 226 Å². The van der Waals surface area contributed by atoms with Crippen LogP contribution in [0.5, 0.6) is 0 Å². The molecule has 242 valence electrons. The summed E-state index contributed by atoms with van der Waals surface area (Å²) < 4.78 is 4.83. The van der Waals surface area contributed by atoms with E-state index in [0.717, 1.165) is 5.69 Å². The van der Waals surface area contributed by atoms with E-state index in [-0.39, 0.29) is 0 Å². The van der Waals surface area contributed by atoms with Gasteiger partial charge in [0, 0.05) is 52.5 Å². The maximum atomic E-state index is 2.43. The topological polar surface area (TPSA) is 9.86 Å². The molecule has 2 nitrogen and oxygen atoms in total. The van der Waals surface area contributed by atoms with Crippen LogP contribution in [0.25, 0.3) is 55.0 Å². The minimum atomic E-state index is -1.76. The Morgan fingerprint density at radius 2 is 0.588 bits per heavy atom. The van der Waals surface area contributed by atoms with E-state index in [1.807, 2.05) is 0 Å². The van der Waals surface area contributed by atoms with Gasteiger partial charge in [-0.05, 0) is 97.1 Å². The highest BCUT2D eigenvalue weighted by molar-refractivity contribution is 8.34. The first-order valence-electron chi connectivity index (χ1n) is 17.4. The van der Waals surface area contributed by atoms with E-state index in [9.17, 15) is 0 Å². The van der Waals surface area contributed by atoms with Crippen molar-refractivity contribution in [3.05, 3.63) is 206 Å². The Kier molecular flexibility index (Phi) is 6.93. The van der Waals surface area contributed by atoms with Crippen molar-refractivity contribution >= 4 is 53.6 Å². The molecule has 0 spiro atoms. The zero-order valence-electron chi connectivity index (χ0n) is 27.9. The summed E-state index contributed by atoms with van der Waals surface area (Å²) in [7, 11) is -1.76. The lowest BCUT2D eigenvalue weighted by Gasteiger charge is -2.42. The molecule has 0 radical (unpaired) electrons. The first-order chi connectivity index (χ1) is 25.3. The van der Waals surface area contributed by atoms with E-state index in [4.69, 9.17) is 0 Å². The van der Waals surface area contributed by atoms with Gasteiger partial charge in [0.2, 0.25) is 0 Å². The van der Waals surface area contributed by atoms with E-state index >= 15 is 0 Å². The van der Waals surface area contributed by atoms with Crippen LogP contribution in [-0.4, -0.2) is 9.13 Å². The molecule has 8 aromatic carbocycles. The van der Waals surface area contributed by atoms with E-state index in [0.29, 0.717) is 0 Å². The number of para-hydroxylation sites is 3. The smallest absolute Gasteiger partial charge is 0.0542 e. The summed E-state index contributed by atoms with van der Waals surface area (Å²) in [6.07, 6.45) is 0. The quantitative estimate of drug-likeness (QED) is 0.167. The fraction of sp³-hybridized carbons (Fsp3) is 0. The van der Waals surface area contributed by atoms with Crippen LogP contribution in [-0.2, 0) is 0 Å². The fourth-order valence-corrected chi connectivity index (χ4v) is 11.9. The van der Waals surface area contributed by atoms with E-state index in [1.54, 1.807) is 0 Å². The maximum Gasteiger partial charge on any atom is 0.0542 e. The molecule has 3 heteroatoms. The van der Waals surface area contributed by atoms with Crippen LogP contribution >= 0.6 is 10.0 Å². The highest BCUT2D eigenvalue weighted by Gasteiger charge is 2.33. The number of benzene rings is 8. The molecule has 2 heterocycles. The highest BCUT2D eigenvalue weighted by atomic mass is 32.3. The van der Waals surface area contributed by atoms with E-state index < -0.39 is 10.0 Å². The van der Waals surface area contributed by atoms with Crippen molar-refractivity contribution in [3.8, 4) is 11.4 Å². The number of rotatable bonds is 6. The summed E-state index contributed by atoms with van der Waals surface area (Å²) in [5, 5.41) is 5.04. The number of aromatic nitrogens is 2. The van der Waals surface area contributed by atoms with Crippen LogP contribution in [0.1, 0.15) is 0 Å². The molecule has 0 unspecified atom stereocenters. The van der Waals surface area contributed by atoms with Crippen LogP contribution < -0.4 is 0 Å². The Bertz CT molecular complexity index is 2680. The first kappa shape index (κ1) is 29.6. The molecule has 10 rings (SSSR count). The van der Waals surface area contributed by atoms with Crippen molar-refractivity contribution in [1.29, 1.82) is 0 Å². The molecule has 0 fully saturated rings. The van der Waals surface area contributed by atoms with Crippen LogP contribution in [0.2, 0.25) is 0 Å². The van der Waals surface area contributed by atoms with Gasteiger partial charge in [-0.15, -0.1) is 10.0 Å². The number of nitrogens with zero attached hydrogens (tertiary/aromatic N) is 2. The summed E-state index contributed by atoms with van der Waals surface area (Å²) in [5.41, 5.74) is 7.16. The molecular weight excluding hydrogens is 637 g/mol. The number of hydrogen-bond acceptors (Lipinski definition) is 0. The molecule has 0 amide bonds. The van der Waals surface area contributed by atoms with Gasteiger partial charge in [0.15, 0.2) is 0 Å². The predicted octanol–water partition coefficient (Wildman–Crippen LogP) is 13.2. The molecule has 10 aromatic rings. The summed E-state index contributed by atoms with van der Waals surface area (Å²) in [5.74, 6) is 0. The second-order valence-corrected chi connectivity index (χ2v) is 16.1. The van der Waals surface area contributed by atoms with Crippen LogP contribution in [0, 0.1) is 0 Å². The molecule has 51 heavy (non-hydrogen) atoms. The third kappa shape index (κ3) is 4.52. The zero-order chi connectivity index (χ0) is 33.8. The van der Waals surface area contributed by atoms with Crippen molar-refractivity contribution in [1.82, 2.24) is 9.13 Å². The second kappa shape index (κ2) is 11.9. The van der Waals surface area contributed by atoms with Gasteiger partial charge >= 0.3 is 0 Å². The van der Waals surface area contributed by atoms with Gasteiger partial charge in [-0.1, -0.05) is 109 Å². The molecule has 0 aliphatic rings. The third-order valence-electron chi connectivity index (χ3n) is 10.2. The van der Waals surface area contributed by atoms with Crippen molar-refractivity contribution in [2.75, 3.05) is 0 Å². The molecule has 0 aliphatic heterocycles. The lowest BCUT2D eigenvalue weighted by atomic mass is 10.1. The van der Waals surface area contributed by atoms with Gasteiger partial charge in [-0.2, -0.15) is 0 Å². The Hall–Kier alpha value is -6.29. The summed E-state index contributed by atoms with van der Waals surface area (Å²) in [6, 6.07) is 75.7. The molecule has 0 saturated carbocycles. The molecule has 0 bridgehead atoms. The van der Waals surface area contributed by atoms with E-state index in [1.165, 1.54) is 68.9 Å². The van der Waals surface area contributed by atoms with E-state index in [2.05, 4.69) is 215 Å². The Labute approximate surface area is 298 Å². The highest BCUT2D eigenvalue weighted by Crippen LogP contribution is 2.73. The summed E-state index contributed by atoms with van der Waals surface area (Å²) in [4.78, 5) is 5.28. The Morgan fingerprint density at radius 3 is 1.06 bits per heavy atom. The molecule has 0 atom stereocenters. The van der Waals surface area contributed by atoms with Crippen LogP contribution in [0.4, 0.5) is 0 Å². The molecule has 0 saturated heterocycles. The van der Waals surface area contributed by atoms with Gasteiger partial charge < -0.3 is 9.13 Å². The SMILES string of the molecule is c1ccc(S(c2ccccc2)(c2ccccc2)c2ccc(-n3c4ccccc4c4cc(-n5c6ccccc6c6ccccc65)ccc43)cc2)cc1. The predicted molar refractivity (Wildman–Crippen MR) is 215 cm³/mol. The largest absolute Gasteiger partial charge is 0.309 e. The molecular formula is C48H34N2S. The lowest BCUT2D eigenvalue weighted by molar-refractivity contribution is 1.15. The van der Waals surface area contributed by atoms with Crippen molar-refractivity contribution in [3.63, 3.8) is 0 Å². The summed E-state index contributed by atoms with van der Waals surface area (Å²) >= 11 is 0. The average molecular weight is 671 g/mol. The van der Waals surface area contributed by atoms with Crippen molar-refractivity contribution in [2.45, 2.75) is 19.6 Å². The van der Waals surface area contributed by atoms with Crippen molar-refractivity contribution in [2.24, 2.45) is 0 Å². The second-order valence-electron chi connectivity index (χ2n) is 13.0. The molecule has 0 aliphatic carbocycles. The minimum Gasteiger partial charge on any atom is -0.309 e. The van der Waals surface area contributed by atoms with Gasteiger partial charge in [0.05, 0.1) is 22.1 Å². The monoisotopic (exact) mass is 670 g/mol. The maximum absolute atomic E-state index is 2.43. The van der Waals surface area contributed by atoms with Gasteiger partial charge in [-0.25, -0.2) is 0 Å². The normalized spacial score (nSPS) is 12.2. The lowest BCUT2D eigenvalue weighted by Crippen LogP contribution is -2.05. The van der Waals surface area contributed by atoms with Crippen LogP contribution in [0.3, 0.4) is 0 Å². The standard InChI is InChI=1S/C48H34N2S/c1-4-16-37(17-5-1)51(38-18-6-2-7-19-38,39-20-8-3-9-21-39)40-31-28-35(29-32-40)49-47-27-15-12-24-43(47)44-34-36(30-33-48(44)49)50-45-25-13-10-22-41(45)42-23-11-14-26-46(42)50/h1-34H. The third-order valence-corrected chi connectivity index (χ3v) is 14.2. The fourth-order valence-electron chi connectivity index (χ4n) is 8.07. The molecule has 2 aromatic heterocycles. The number of hydrogen-bond donors (Lipinski definition) is 0. The average Bonchev–Trinajstić information content (AvgIpc) is 3.72.